The van der Waals surface area contributed by atoms with Gasteiger partial charge in [-0.2, -0.15) is 0 Å². The molecule has 3 rings (SSSR count). The van der Waals surface area contributed by atoms with Crippen LogP contribution in [-0.2, 0) is 9.47 Å². The van der Waals surface area contributed by atoms with Crippen LogP contribution in [0, 0.1) is 5.82 Å². The van der Waals surface area contributed by atoms with Gasteiger partial charge in [0.05, 0.1) is 32.0 Å². The van der Waals surface area contributed by atoms with Crippen molar-refractivity contribution in [2.45, 2.75) is 19.1 Å². The smallest absolute Gasteiger partial charge is 0.191 e. The maximum absolute atomic E-state index is 14.7. The molecule has 2 unspecified atom stereocenters. The molecule has 0 saturated carbocycles. The van der Waals surface area contributed by atoms with Gasteiger partial charge in [0.2, 0.25) is 0 Å². The predicted octanol–water partition coefficient (Wildman–Crippen LogP) is 1.74. The zero-order valence-electron chi connectivity index (χ0n) is 17.9. The third-order valence-electron chi connectivity index (χ3n) is 5.56. The van der Waals surface area contributed by atoms with Crippen molar-refractivity contribution in [2.24, 2.45) is 4.99 Å². The fourth-order valence-corrected chi connectivity index (χ4v) is 4.23. The first-order chi connectivity index (χ1) is 14.6. The van der Waals surface area contributed by atoms with Gasteiger partial charge in [-0.1, -0.05) is 17.7 Å². The van der Waals surface area contributed by atoms with Crippen LogP contribution in [0.1, 0.15) is 18.5 Å². The van der Waals surface area contributed by atoms with Gasteiger partial charge in [0.25, 0.3) is 0 Å². The minimum Gasteiger partial charge on any atom is -0.379 e. The zero-order chi connectivity index (χ0) is 21.3. The lowest BCUT2D eigenvalue weighted by atomic mass is 10.0. The topological polar surface area (TPSA) is 61.4 Å². The Balaban J connectivity index is 1.62. The maximum Gasteiger partial charge on any atom is 0.191 e. The van der Waals surface area contributed by atoms with E-state index >= 15 is 0 Å². The molecule has 2 saturated heterocycles. The molecule has 168 valence electrons. The first-order valence-electron chi connectivity index (χ1n) is 10.6. The van der Waals surface area contributed by atoms with Gasteiger partial charge in [0, 0.05) is 63.4 Å². The molecule has 2 fully saturated rings. The SMILES string of the molecule is CN=C(NCCN1CCOCC1)NCC(c1c(F)cccc1Cl)N1CCOC(C)C1. The van der Waals surface area contributed by atoms with E-state index in [1.54, 1.807) is 19.2 Å². The van der Waals surface area contributed by atoms with Crippen molar-refractivity contribution in [3.05, 3.63) is 34.6 Å². The zero-order valence-corrected chi connectivity index (χ0v) is 18.6. The predicted molar refractivity (Wildman–Crippen MR) is 118 cm³/mol. The second-order valence-electron chi connectivity index (χ2n) is 7.66. The summed E-state index contributed by atoms with van der Waals surface area (Å²) in [6.07, 6.45) is 0.0951. The summed E-state index contributed by atoms with van der Waals surface area (Å²) in [7, 11) is 1.74. The van der Waals surface area contributed by atoms with Gasteiger partial charge < -0.3 is 20.1 Å². The Hall–Kier alpha value is -1.45. The minimum absolute atomic E-state index is 0.0951. The summed E-state index contributed by atoms with van der Waals surface area (Å²) in [4.78, 5) is 8.91. The van der Waals surface area contributed by atoms with Crippen LogP contribution in [0.15, 0.2) is 23.2 Å². The summed E-state index contributed by atoms with van der Waals surface area (Å²) >= 11 is 6.41. The molecule has 2 aliphatic heterocycles. The molecule has 0 aromatic heterocycles. The molecule has 0 amide bonds. The fourth-order valence-electron chi connectivity index (χ4n) is 3.94. The Kier molecular flexibility index (Phi) is 9.14. The van der Waals surface area contributed by atoms with E-state index in [1.165, 1.54) is 6.07 Å². The number of guanidine groups is 1. The lowest BCUT2D eigenvalue weighted by molar-refractivity contribution is -0.0343. The Morgan fingerprint density at radius 2 is 2.07 bits per heavy atom. The molecule has 0 aliphatic carbocycles. The van der Waals surface area contributed by atoms with Gasteiger partial charge in [-0.25, -0.2) is 4.39 Å². The Bertz CT molecular complexity index is 682. The molecular weight excluding hydrogens is 409 g/mol. The van der Waals surface area contributed by atoms with Crippen molar-refractivity contribution in [3.8, 4) is 0 Å². The van der Waals surface area contributed by atoms with E-state index in [4.69, 9.17) is 21.1 Å². The van der Waals surface area contributed by atoms with Crippen LogP contribution in [0.4, 0.5) is 4.39 Å². The van der Waals surface area contributed by atoms with E-state index in [2.05, 4.69) is 25.4 Å². The lowest BCUT2D eigenvalue weighted by Crippen LogP contribution is -2.49. The van der Waals surface area contributed by atoms with E-state index in [1.807, 2.05) is 6.92 Å². The molecule has 2 N–H and O–H groups in total. The average molecular weight is 442 g/mol. The van der Waals surface area contributed by atoms with Crippen molar-refractivity contribution in [1.29, 1.82) is 0 Å². The highest BCUT2D eigenvalue weighted by Crippen LogP contribution is 2.31. The molecule has 2 heterocycles. The number of benzene rings is 1. The molecule has 0 radical (unpaired) electrons. The van der Waals surface area contributed by atoms with Crippen molar-refractivity contribution in [2.75, 3.05) is 72.7 Å². The van der Waals surface area contributed by atoms with Gasteiger partial charge in [-0.05, 0) is 19.1 Å². The van der Waals surface area contributed by atoms with Crippen molar-refractivity contribution in [3.63, 3.8) is 0 Å². The summed E-state index contributed by atoms with van der Waals surface area (Å²) in [5.74, 6) is 0.408. The Labute approximate surface area is 183 Å². The number of halogens is 2. The molecule has 30 heavy (non-hydrogen) atoms. The number of hydrogen-bond donors (Lipinski definition) is 2. The fraction of sp³-hybridized carbons (Fsp3) is 0.667. The molecule has 9 heteroatoms. The number of aliphatic imine (C=N–C) groups is 1. The highest BCUT2D eigenvalue weighted by atomic mass is 35.5. The number of rotatable bonds is 7. The second kappa shape index (κ2) is 11.8. The monoisotopic (exact) mass is 441 g/mol. The quantitative estimate of drug-likeness (QED) is 0.496. The van der Waals surface area contributed by atoms with Crippen LogP contribution < -0.4 is 10.6 Å². The molecule has 1 aromatic rings. The van der Waals surface area contributed by atoms with Crippen LogP contribution in [0.25, 0.3) is 0 Å². The number of morpholine rings is 2. The van der Waals surface area contributed by atoms with Crippen LogP contribution in [0.2, 0.25) is 5.02 Å². The van der Waals surface area contributed by atoms with Gasteiger partial charge in [0.1, 0.15) is 5.82 Å². The average Bonchev–Trinajstić information content (AvgIpc) is 2.75. The van der Waals surface area contributed by atoms with E-state index in [0.717, 1.165) is 52.5 Å². The van der Waals surface area contributed by atoms with Crippen molar-refractivity contribution in [1.82, 2.24) is 20.4 Å². The van der Waals surface area contributed by atoms with E-state index in [-0.39, 0.29) is 18.0 Å². The third kappa shape index (κ3) is 6.52. The van der Waals surface area contributed by atoms with Gasteiger partial charge in [-0.15, -0.1) is 0 Å². The third-order valence-corrected chi connectivity index (χ3v) is 5.89. The molecule has 0 spiro atoms. The lowest BCUT2D eigenvalue weighted by Gasteiger charge is -2.38. The number of hydrogen-bond acceptors (Lipinski definition) is 5. The summed E-state index contributed by atoms with van der Waals surface area (Å²) < 4.78 is 25.8. The van der Waals surface area contributed by atoms with Crippen molar-refractivity contribution >= 4 is 17.6 Å². The van der Waals surface area contributed by atoms with Crippen LogP contribution >= 0.6 is 11.6 Å². The first kappa shape index (κ1) is 23.2. The van der Waals surface area contributed by atoms with Gasteiger partial charge in [-0.3, -0.25) is 14.8 Å². The molecule has 2 atom stereocenters. The molecule has 7 nitrogen and oxygen atoms in total. The largest absolute Gasteiger partial charge is 0.379 e. The summed E-state index contributed by atoms with van der Waals surface area (Å²) in [6, 6.07) is 4.63. The normalized spacial score (nSPS) is 22.7. The molecule has 0 bridgehead atoms. The Morgan fingerprint density at radius 1 is 1.27 bits per heavy atom. The van der Waals surface area contributed by atoms with Crippen LogP contribution in [-0.4, -0.2) is 94.5 Å². The van der Waals surface area contributed by atoms with E-state index < -0.39 is 0 Å². The van der Waals surface area contributed by atoms with Crippen LogP contribution in [0.5, 0.6) is 0 Å². The summed E-state index contributed by atoms with van der Waals surface area (Å²) in [5.41, 5.74) is 0.518. The van der Waals surface area contributed by atoms with E-state index in [0.29, 0.717) is 29.7 Å². The highest BCUT2D eigenvalue weighted by molar-refractivity contribution is 6.31. The second-order valence-corrected chi connectivity index (χ2v) is 8.07. The highest BCUT2D eigenvalue weighted by Gasteiger charge is 2.29. The van der Waals surface area contributed by atoms with Gasteiger partial charge in [0.15, 0.2) is 5.96 Å². The number of ether oxygens (including phenoxy) is 2. The molecule has 1 aromatic carbocycles. The Morgan fingerprint density at radius 3 is 2.77 bits per heavy atom. The maximum atomic E-state index is 14.7. The molecular formula is C21H33ClFN5O2. The van der Waals surface area contributed by atoms with Gasteiger partial charge >= 0.3 is 0 Å². The standard InChI is InChI=1S/C21H33ClFN5O2/c1-16-15-28(10-13-30-16)19(20-17(22)4-3-5-18(20)23)14-26-21(24-2)25-6-7-27-8-11-29-12-9-27/h3-5,16,19H,6-15H2,1-2H3,(H2,24,25,26). The summed E-state index contributed by atoms with van der Waals surface area (Å²) in [5, 5.41) is 7.15. The number of nitrogens with one attached hydrogen (secondary N) is 2. The van der Waals surface area contributed by atoms with E-state index in [9.17, 15) is 4.39 Å². The summed E-state index contributed by atoms with van der Waals surface area (Å²) in [6.45, 7) is 9.78. The minimum atomic E-state index is -0.288. The molecule has 2 aliphatic rings. The number of nitrogens with zero attached hydrogens (tertiary/aromatic N) is 3. The van der Waals surface area contributed by atoms with Crippen LogP contribution in [0.3, 0.4) is 0 Å². The van der Waals surface area contributed by atoms with Crippen molar-refractivity contribution < 1.29 is 13.9 Å². The first-order valence-corrected chi connectivity index (χ1v) is 11.0.